The Labute approximate surface area is 139 Å². The smallest absolute Gasteiger partial charge is 0.315 e. The lowest BCUT2D eigenvalue weighted by Crippen LogP contribution is -2.49. The Kier molecular flexibility index (Phi) is 5.39. The van der Waals surface area contributed by atoms with Gasteiger partial charge < -0.3 is 20.4 Å². The summed E-state index contributed by atoms with van der Waals surface area (Å²) in [6.45, 7) is 4.90. The molecule has 0 spiro atoms. The molecule has 0 radical (unpaired) electrons. The van der Waals surface area contributed by atoms with Gasteiger partial charge in [0, 0.05) is 37.9 Å². The van der Waals surface area contributed by atoms with Crippen molar-refractivity contribution in [2.75, 3.05) is 38.1 Å². The van der Waals surface area contributed by atoms with Crippen LogP contribution in [0.25, 0.3) is 0 Å². The highest BCUT2D eigenvalue weighted by molar-refractivity contribution is 5.74. The number of hydrogen-bond donors (Lipinski definition) is 2. The molecular weight excluding hydrogens is 288 g/mol. The maximum atomic E-state index is 12.2. The normalized spacial score (nSPS) is 22.1. The molecule has 126 valence electrons. The van der Waals surface area contributed by atoms with Gasteiger partial charge in [0.1, 0.15) is 0 Å². The summed E-state index contributed by atoms with van der Waals surface area (Å²) >= 11 is 0. The number of rotatable bonds is 4. The molecule has 0 unspecified atom stereocenters. The van der Waals surface area contributed by atoms with Gasteiger partial charge in [-0.25, -0.2) is 4.79 Å². The van der Waals surface area contributed by atoms with E-state index in [9.17, 15) is 4.79 Å². The van der Waals surface area contributed by atoms with Crippen LogP contribution >= 0.6 is 0 Å². The first-order chi connectivity index (χ1) is 11.2. The monoisotopic (exact) mass is 316 g/mol. The van der Waals surface area contributed by atoms with Crippen molar-refractivity contribution in [3.63, 3.8) is 0 Å². The van der Waals surface area contributed by atoms with Crippen molar-refractivity contribution in [2.24, 2.45) is 0 Å². The van der Waals surface area contributed by atoms with Gasteiger partial charge in [-0.05, 0) is 50.9 Å². The summed E-state index contributed by atoms with van der Waals surface area (Å²) in [6.07, 6.45) is 4.75. The van der Waals surface area contributed by atoms with E-state index in [0.29, 0.717) is 6.54 Å². The van der Waals surface area contributed by atoms with Gasteiger partial charge >= 0.3 is 6.03 Å². The van der Waals surface area contributed by atoms with Gasteiger partial charge in [-0.1, -0.05) is 18.2 Å². The third-order valence-corrected chi connectivity index (χ3v) is 4.84. The van der Waals surface area contributed by atoms with Crippen LogP contribution in [0.3, 0.4) is 0 Å². The Balaban J connectivity index is 1.52. The molecule has 1 aromatic rings. The number of hydrogen-bond acceptors (Lipinski definition) is 3. The van der Waals surface area contributed by atoms with Crippen molar-refractivity contribution >= 4 is 11.7 Å². The van der Waals surface area contributed by atoms with E-state index in [1.165, 1.54) is 24.1 Å². The van der Waals surface area contributed by atoms with Crippen LogP contribution in [0.4, 0.5) is 10.5 Å². The molecule has 5 heteroatoms. The highest BCUT2D eigenvalue weighted by Gasteiger charge is 2.19. The number of carbonyl (C=O) groups is 1. The summed E-state index contributed by atoms with van der Waals surface area (Å²) in [5, 5.41) is 6.13. The maximum Gasteiger partial charge on any atom is 0.315 e. The van der Waals surface area contributed by atoms with Crippen LogP contribution in [0.2, 0.25) is 0 Å². The van der Waals surface area contributed by atoms with Crippen molar-refractivity contribution < 1.29 is 4.79 Å². The molecule has 2 amide bonds. The molecule has 2 heterocycles. The summed E-state index contributed by atoms with van der Waals surface area (Å²) < 4.78 is 0. The van der Waals surface area contributed by atoms with Gasteiger partial charge in [0.15, 0.2) is 0 Å². The zero-order chi connectivity index (χ0) is 16.1. The highest BCUT2D eigenvalue weighted by atomic mass is 16.2. The molecule has 2 aliphatic rings. The van der Waals surface area contributed by atoms with Gasteiger partial charge in [0.05, 0.1) is 0 Å². The van der Waals surface area contributed by atoms with Crippen LogP contribution in [-0.4, -0.2) is 50.2 Å². The quantitative estimate of drug-likeness (QED) is 0.895. The third kappa shape index (κ3) is 4.38. The number of likely N-dealkylation sites (tertiary alicyclic amines) is 1. The van der Waals surface area contributed by atoms with Gasteiger partial charge in [-0.3, -0.25) is 0 Å². The first-order valence-electron chi connectivity index (χ1n) is 8.78. The molecule has 0 saturated carbocycles. The topological polar surface area (TPSA) is 47.6 Å². The summed E-state index contributed by atoms with van der Waals surface area (Å²) in [5.74, 6) is 0. The van der Waals surface area contributed by atoms with Crippen molar-refractivity contribution in [2.45, 2.75) is 38.3 Å². The van der Waals surface area contributed by atoms with E-state index in [1.54, 1.807) is 0 Å². The van der Waals surface area contributed by atoms with Crippen LogP contribution in [-0.2, 0) is 6.54 Å². The molecular formula is C18H28N4O. The highest BCUT2D eigenvalue weighted by Crippen LogP contribution is 2.24. The van der Waals surface area contributed by atoms with Crippen LogP contribution in [0.15, 0.2) is 24.3 Å². The predicted molar refractivity (Wildman–Crippen MR) is 93.8 cm³/mol. The zero-order valence-corrected chi connectivity index (χ0v) is 14.1. The lowest BCUT2D eigenvalue weighted by atomic mass is 10.1. The second-order valence-corrected chi connectivity index (χ2v) is 6.75. The Morgan fingerprint density at radius 3 is 2.74 bits per heavy atom. The predicted octanol–water partition coefficient (Wildman–Crippen LogP) is 2.18. The Morgan fingerprint density at radius 1 is 1.17 bits per heavy atom. The molecule has 1 aromatic carbocycles. The Hall–Kier alpha value is -1.75. The van der Waals surface area contributed by atoms with Crippen LogP contribution in [0.5, 0.6) is 0 Å². The maximum absolute atomic E-state index is 12.2. The fourth-order valence-corrected chi connectivity index (χ4v) is 3.62. The molecule has 2 fully saturated rings. The molecule has 3 rings (SSSR count). The number of likely N-dealkylation sites (N-methyl/N-ethyl adjacent to an activating group) is 1. The van der Waals surface area contributed by atoms with Gasteiger partial charge in [0.2, 0.25) is 0 Å². The molecule has 2 saturated heterocycles. The second-order valence-electron chi connectivity index (χ2n) is 6.75. The molecule has 2 N–H and O–H groups in total. The molecule has 0 bridgehead atoms. The standard InChI is InChI=1S/C18H28N4O/c1-21-10-6-8-16(14-21)20-18(23)19-13-15-7-2-3-9-17(15)22-11-4-5-12-22/h2-3,7,9,16H,4-6,8,10-14H2,1H3,(H2,19,20,23)/t16-/m1/s1. The molecule has 1 atom stereocenters. The Bertz CT molecular complexity index is 528. The largest absolute Gasteiger partial charge is 0.371 e. The lowest BCUT2D eigenvalue weighted by Gasteiger charge is -2.30. The summed E-state index contributed by atoms with van der Waals surface area (Å²) in [5.41, 5.74) is 2.47. The number of benzene rings is 1. The molecule has 23 heavy (non-hydrogen) atoms. The van der Waals surface area contributed by atoms with E-state index in [1.807, 2.05) is 6.07 Å². The van der Waals surface area contributed by atoms with Gasteiger partial charge in [-0.2, -0.15) is 0 Å². The minimum Gasteiger partial charge on any atom is -0.371 e. The third-order valence-electron chi connectivity index (χ3n) is 4.84. The first-order valence-corrected chi connectivity index (χ1v) is 8.78. The average Bonchev–Trinajstić information content (AvgIpc) is 3.07. The van der Waals surface area contributed by atoms with E-state index in [-0.39, 0.29) is 12.1 Å². The summed E-state index contributed by atoms with van der Waals surface area (Å²) in [7, 11) is 2.11. The lowest BCUT2D eigenvalue weighted by molar-refractivity contribution is 0.209. The fourth-order valence-electron chi connectivity index (χ4n) is 3.62. The number of urea groups is 1. The minimum absolute atomic E-state index is 0.0541. The first kappa shape index (κ1) is 16.1. The van der Waals surface area contributed by atoms with E-state index in [4.69, 9.17) is 0 Å². The summed E-state index contributed by atoms with van der Waals surface area (Å²) in [4.78, 5) is 16.9. The number of nitrogens with one attached hydrogen (secondary N) is 2. The van der Waals surface area contributed by atoms with Gasteiger partial charge in [-0.15, -0.1) is 0 Å². The SMILES string of the molecule is CN1CCC[C@@H](NC(=O)NCc2ccccc2N2CCCC2)C1. The van der Waals surface area contributed by atoms with Crippen LogP contribution < -0.4 is 15.5 Å². The van der Waals surface area contributed by atoms with Crippen LogP contribution in [0, 0.1) is 0 Å². The fraction of sp³-hybridized carbons (Fsp3) is 0.611. The van der Waals surface area contributed by atoms with Crippen molar-refractivity contribution in [1.82, 2.24) is 15.5 Å². The molecule has 0 aliphatic carbocycles. The van der Waals surface area contributed by atoms with Gasteiger partial charge in [0.25, 0.3) is 0 Å². The van der Waals surface area contributed by atoms with E-state index >= 15 is 0 Å². The number of carbonyl (C=O) groups excluding carboxylic acids is 1. The number of amides is 2. The number of piperidine rings is 1. The molecule has 0 aromatic heterocycles. The van der Waals surface area contributed by atoms with Crippen LogP contribution in [0.1, 0.15) is 31.2 Å². The zero-order valence-electron chi connectivity index (χ0n) is 14.1. The van der Waals surface area contributed by atoms with E-state index < -0.39 is 0 Å². The van der Waals surface area contributed by atoms with Crippen molar-refractivity contribution in [3.05, 3.63) is 29.8 Å². The molecule has 2 aliphatic heterocycles. The van der Waals surface area contributed by atoms with E-state index in [2.05, 4.69) is 45.7 Å². The van der Waals surface area contributed by atoms with Crippen molar-refractivity contribution in [3.8, 4) is 0 Å². The average molecular weight is 316 g/mol. The molecule has 5 nitrogen and oxygen atoms in total. The minimum atomic E-state index is -0.0541. The number of nitrogens with zero attached hydrogens (tertiary/aromatic N) is 2. The Morgan fingerprint density at radius 2 is 1.96 bits per heavy atom. The number of anilines is 1. The number of para-hydroxylation sites is 1. The second kappa shape index (κ2) is 7.68. The van der Waals surface area contributed by atoms with Crippen molar-refractivity contribution in [1.29, 1.82) is 0 Å². The summed E-state index contributed by atoms with van der Waals surface area (Å²) in [6, 6.07) is 8.61. The van der Waals surface area contributed by atoms with E-state index in [0.717, 1.165) is 39.0 Å².